The minimum Gasteiger partial charge on any atom is -0.355 e. The van der Waals surface area contributed by atoms with Gasteiger partial charge in [-0.05, 0) is 55.0 Å². The van der Waals surface area contributed by atoms with E-state index < -0.39 is 0 Å². The average molecular weight is 407 g/mol. The molecule has 3 aromatic rings. The normalized spacial score (nSPS) is 14.6. The molecule has 1 aliphatic rings. The van der Waals surface area contributed by atoms with Gasteiger partial charge in [0.05, 0.1) is 10.7 Å². The van der Waals surface area contributed by atoms with E-state index in [1.54, 1.807) is 18.2 Å². The van der Waals surface area contributed by atoms with E-state index in [-0.39, 0.29) is 11.6 Å². The van der Waals surface area contributed by atoms with Crippen molar-refractivity contribution >= 4 is 29.0 Å². The third-order valence-electron chi connectivity index (χ3n) is 5.31. The Hall–Kier alpha value is -2.92. The first-order valence-electron chi connectivity index (χ1n) is 9.87. The average Bonchev–Trinajstić information content (AvgIpc) is 2.77. The Morgan fingerprint density at radius 1 is 0.966 bits per heavy atom. The Morgan fingerprint density at radius 3 is 2.38 bits per heavy atom. The molecular formula is C23H23ClN4O. The van der Waals surface area contributed by atoms with E-state index in [0.29, 0.717) is 16.6 Å². The fraction of sp³-hybridized carbons (Fsp3) is 0.261. The fourth-order valence-corrected chi connectivity index (χ4v) is 3.86. The van der Waals surface area contributed by atoms with Gasteiger partial charge in [-0.1, -0.05) is 54.1 Å². The Kier molecular flexibility index (Phi) is 6.06. The minimum absolute atomic E-state index is 0.271. The van der Waals surface area contributed by atoms with Gasteiger partial charge in [0.25, 0.3) is 5.91 Å². The van der Waals surface area contributed by atoms with Gasteiger partial charge >= 0.3 is 0 Å². The molecule has 1 fully saturated rings. The van der Waals surface area contributed by atoms with Crippen molar-refractivity contribution in [2.75, 3.05) is 23.3 Å². The summed E-state index contributed by atoms with van der Waals surface area (Å²) in [6.45, 7) is 1.91. The molecule has 0 aliphatic carbocycles. The van der Waals surface area contributed by atoms with Crippen LogP contribution in [0.1, 0.15) is 28.9 Å². The molecule has 1 aliphatic heterocycles. The summed E-state index contributed by atoms with van der Waals surface area (Å²) in [5.74, 6) is 1.19. The smallest absolute Gasteiger partial charge is 0.276 e. The predicted molar refractivity (Wildman–Crippen MR) is 117 cm³/mol. The molecule has 1 amide bonds. The van der Waals surface area contributed by atoms with E-state index in [4.69, 9.17) is 11.6 Å². The lowest BCUT2D eigenvalue weighted by Gasteiger charge is -2.32. The molecule has 0 atom stereocenters. The molecule has 2 aromatic carbocycles. The van der Waals surface area contributed by atoms with Crippen molar-refractivity contribution in [3.8, 4) is 0 Å². The highest BCUT2D eigenvalue weighted by atomic mass is 35.5. The van der Waals surface area contributed by atoms with Crippen LogP contribution in [0, 0.1) is 5.92 Å². The van der Waals surface area contributed by atoms with Crippen molar-refractivity contribution < 1.29 is 4.79 Å². The van der Waals surface area contributed by atoms with Crippen LogP contribution >= 0.6 is 11.6 Å². The molecule has 0 radical (unpaired) electrons. The number of carbonyl (C=O) groups is 1. The summed E-state index contributed by atoms with van der Waals surface area (Å²) in [4.78, 5) is 14.6. The number of halogens is 1. The number of nitrogens with one attached hydrogen (secondary N) is 1. The molecular weight excluding hydrogens is 384 g/mol. The summed E-state index contributed by atoms with van der Waals surface area (Å²) in [7, 11) is 0. The zero-order valence-corrected chi connectivity index (χ0v) is 16.8. The third-order valence-corrected chi connectivity index (χ3v) is 5.64. The van der Waals surface area contributed by atoms with Crippen LogP contribution in [0.2, 0.25) is 5.02 Å². The number of hydrogen-bond acceptors (Lipinski definition) is 4. The number of benzene rings is 2. The Labute approximate surface area is 175 Å². The summed E-state index contributed by atoms with van der Waals surface area (Å²) in [6.07, 6.45) is 3.39. The lowest BCUT2D eigenvalue weighted by Crippen LogP contribution is -2.35. The maximum absolute atomic E-state index is 12.4. The number of anilines is 2. The highest BCUT2D eigenvalue weighted by Gasteiger charge is 2.21. The third kappa shape index (κ3) is 4.93. The molecule has 4 rings (SSSR count). The minimum atomic E-state index is -0.321. The van der Waals surface area contributed by atoms with Crippen molar-refractivity contribution in [3.05, 3.63) is 83.0 Å². The van der Waals surface area contributed by atoms with Crippen molar-refractivity contribution in [2.24, 2.45) is 5.92 Å². The first-order chi connectivity index (χ1) is 14.2. The molecule has 6 heteroatoms. The maximum atomic E-state index is 12.4. The van der Waals surface area contributed by atoms with Gasteiger partial charge in [-0.3, -0.25) is 4.79 Å². The molecule has 148 valence electrons. The van der Waals surface area contributed by atoms with Crippen LogP contribution in [0.25, 0.3) is 0 Å². The van der Waals surface area contributed by atoms with Gasteiger partial charge in [0.15, 0.2) is 11.5 Å². The number of rotatable bonds is 5. The van der Waals surface area contributed by atoms with E-state index in [0.717, 1.165) is 38.2 Å². The summed E-state index contributed by atoms with van der Waals surface area (Å²) >= 11 is 6.09. The van der Waals surface area contributed by atoms with Gasteiger partial charge in [0.1, 0.15) is 0 Å². The molecule has 1 aromatic heterocycles. The van der Waals surface area contributed by atoms with Gasteiger partial charge in [-0.25, -0.2) is 0 Å². The highest BCUT2D eigenvalue weighted by molar-refractivity contribution is 6.33. The molecule has 2 heterocycles. The first kappa shape index (κ1) is 19.4. The molecule has 5 nitrogen and oxygen atoms in total. The second kappa shape index (κ2) is 9.05. The predicted octanol–water partition coefficient (Wildman–Crippen LogP) is 4.84. The number of aromatic nitrogens is 2. The lowest BCUT2D eigenvalue weighted by atomic mass is 9.90. The molecule has 0 bridgehead atoms. The van der Waals surface area contributed by atoms with Crippen LogP contribution in [-0.4, -0.2) is 29.2 Å². The summed E-state index contributed by atoms with van der Waals surface area (Å²) in [5, 5.41) is 11.7. The first-order valence-corrected chi connectivity index (χ1v) is 10.3. The van der Waals surface area contributed by atoms with Gasteiger partial charge in [0, 0.05) is 13.1 Å². The monoisotopic (exact) mass is 406 g/mol. The van der Waals surface area contributed by atoms with Gasteiger partial charge in [-0.2, -0.15) is 0 Å². The summed E-state index contributed by atoms with van der Waals surface area (Å²) < 4.78 is 0. The molecule has 29 heavy (non-hydrogen) atoms. The number of amides is 1. The highest BCUT2D eigenvalue weighted by Crippen LogP contribution is 2.25. The van der Waals surface area contributed by atoms with E-state index in [1.165, 1.54) is 5.56 Å². The number of hydrogen-bond donors (Lipinski definition) is 1. The summed E-state index contributed by atoms with van der Waals surface area (Å²) in [6, 6.07) is 21.4. The van der Waals surface area contributed by atoms with Crippen LogP contribution in [-0.2, 0) is 6.42 Å². The Morgan fingerprint density at radius 2 is 1.69 bits per heavy atom. The van der Waals surface area contributed by atoms with E-state index in [2.05, 4.69) is 50.7 Å². The molecule has 1 N–H and O–H groups in total. The molecule has 0 saturated carbocycles. The quantitative estimate of drug-likeness (QED) is 0.658. The number of nitrogens with zero attached hydrogens (tertiary/aromatic N) is 3. The van der Waals surface area contributed by atoms with E-state index in [1.807, 2.05) is 18.2 Å². The second-order valence-electron chi connectivity index (χ2n) is 7.33. The van der Waals surface area contributed by atoms with Crippen LogP contribution < -0.4 is 10.2 Å². The molecule has 1 saturated heterocycles. The number of piperidine rings is 1. The Balaban J connectivity index is 1.33. The fourth-order valence-electron chi connectivity index (χ4n) is 3.68. The molecule has 0 spiro atoms. The van der Waals surface area contributed by atoms with Gasteiger partial charge < -0.3 is 10.2 Å². The van der Waals surface area contributed by atoms with Crippen molar-refractivity contribution in [1.82, 2.24) is 10.2 Å². The largest absolute Gasteiger partial charge is 0.355 e. The second-order valence-corrected chi connectivity index (χ2v) is 7.74. The van der Waals surface area contributed by atoms with Gasteiger partial charge in [-0.15, -0.1) is 10.2 Å². The van der Waals surface area contributed by atoms with Crippen molar-refractivity contribution in [1.29, 1.82) is 0 Å². The lowest BCUT2D eigenvalue weighted by molar-refractivity contribution is 0.102. The summed E-state index contributed by atoms with van der Waals surface area (Å²) in [5.41, 5.74) is 2.23. The van der Waals surface area contributed by atoms with Crippen LogP contribution in [0.4, 0.5) is 11.5 Å². The van der Waals surface area contributed by atoms with Crippen molar-refractivity contribution in [3.63, 3.8) is 0 Å². The van der Waals surface area contributed by atoms with Crippen LogP contribution in [0.3, 0.4) is 0 Å². The van der Waals surface area contributed by atoms with Crippen LogP contribution in [0.5, 0.6) is 0 Å². The van der Waals surface area contributed by atoms with Gasteiger partial charge in [0.2, 0.25) is 0 Å². The van der Waals surface area contributed by atoms with E-state index >= 15 is 0 Å². The molecule has 0 unspecified atom stereocenters. The zero-order valence-electron chi connectivity index (χ0n) is 16.1. The number of para-hydroxylation sites is 1. The zero-order chi connectivity index (χ0) is 20.1. The standard InChI is InChI=1S/C23H23ClN4O/c24-19-8-4-5-9-20(19)25-23(29)21-10-11-22(27-26-21)28-14-12-18(13-15-28)16-17-6-2-1-3-7-17/h1-11,18H,12-16H2,(H,25,29). The van der Waals surface area contributed by atoms with Crippen LogP contribution in [0.15, 0.2) is 66.7 Å². The Bertz CT molecular complexity index is 954. The number of carbonyl (C=O) groups excluding carboxylic acids is 1. The topological polar surface area (TPSA) is 58.1 Å². The van der Waals surface area contributed by atoms with Crippen molar-refractivity contribution in [2.45, 2.75) is 19.3 Å². The van der Waals surface area contributed by atoms with E-state index in [9.17, 15) is 4.79 Å². The maximum Gasteiger partial charge on any atom is 0.276 e. The SMILES string of the molecule is O=C(Nc1ccccc1Cl)c1ccc(N2CCC(Cc3ccccc3)CC2)nn1.